The Morgan fingerprint density at radius 3 is 2.44 bits per heavy atom. The molecule has 0 atom stereocenters. The second kappa shape index (κ2) is 5.79. The smallest absolute Gasteiger partial charge is 0.291 e. The number of H-pyrrole nitrogens is 1. The maximum atomic E-state index is 11.5. The Morgan fingerprint density at radius 1 is 1.62 bits per heavy atom. The second-order valence-electron chi connectivity index (χ2n) is 4.05. The first-order chi connectivity index (χ1) is 7.23. The Bertz CT molecular complexity index is 337. The molecular weight excluding hydrogens is 216 g/mol. The van der Waals surface area contributed by atoms with Crippen molar-refractivity contribution in [2.24, 2.45) is 5.41 Å². The molecular formula is C8H14N4O4. The molecule has 0 saturated carbocycles. The molecule has 0 spiro atoms. The molecule has 0 saturated heterocycles. The second-order valence-corrected chi connectivity index (χ2v) is 4.05. The molecule has 0 aromatic carbocycles. The van der Waals surface area contributed by atoms with E-state index in [2.05, 4.69) is 15.4 Å². The maximum absolute atomic E-state index is 11.5. The predicted molar refractivity (Wildman–Crippen MR) is 53.3 cm³/mol. The first-order valence-corrected chi connectivity index (χ1v) is 4.45. The lowest BCUT2D eigenvalue weighted by Gasteiger charge is -2.14. The van der Waals surface area contributed by atoms with E-state index in [-0.39, 0.29) is 11.2 Å². The molecule has 0 amide bonds. The fourth-order valence-electron chi connectivity index (χ4n) is 0.741. The molecule has 90 valence electrons. The predicted octanol–water partition coefficient (Wildman–Crippen LogP) is 0.615. The van der Waals surface area contributed by atoms with Gasteiger partial charge in [0.25, 0.3) is 5.09 Å². The quantitative estimate of drug-likeness (QED) is 0.567. The van der Waals surface area contributed by atoms with E-state index in [0.29, 0.717) is 12.1 Å². The zero-order chi connectivity index (χ0) is 12.8. The minimum atomic E-state index is -1.50. The standard InChI is InChI=1S/C8H13N3O.HNO3/c1-8(2,3)7(12)4-6-5-9-11-10-6;2-1(3)4/h5H,4H2,1-3H3,(H,9,10,11);(H,2,3,4). The van der Waals surface area contributed by atoms with Crippen LogP contribution >= 0.6 is 0 Å². The minimum absolute atomic E-state index is 0.177. The van der Waals surface area contributed by atoms with Gasteiger partial charge in [-0.3, -0.25) is 9.89 Å². The molecule has 1 aromatic heterocycles. The highest BCUT2D eigenvalue weighted by Crippen LogP contribution is 2.16. The Hall–Kier alpha value is -1.99. The van der Waals surface area contributed by atoms with Crippen molar-refractivity contribution in [3.8, 4) is 0 Å². The van der Waals surface area contributed by atoms with Crippen LogP contribution in [0.4, 0.5) is 0 Å². The van der Waals surface area contributed by atoms with Crippen molar-refractivity contribution in [1.29, 1.82) is 0 Å². The van der Waals surface area contributed by atoms with Crippen molar-refractivity contribution >= 4 is 5.78 Å². The molecule has 2 N–H and O–H groups in total. The molecule has 0 unspecified atom stereocenters. The molecule has 0 aliphatic carbocycles. The van der Waals surface area contributed by atoms with Crippen molar-refractivity contribution in [2.45, 2.75) is 27.2 Å². The lowest BCUT2D eigenvalue weighted by Crippen LogP contribution is -2.22. The summed E-state index contributed by atoms with van der Waals surface area (Å²) in [7, 11) is 0. The summed E-state index contributed by atoms with van der Waals surface area (Å²) in [6, 6.07) is 0. The first kappa shape index (κ1) is 14.0. The summed E-state index contributed by atoms with van der Waals surface area (Å²) < 4.78 is 0. The van der Waals surface area contributed by atoms with Crippen molar-refractivity contribution in [2.75, 3.05) is 0 Å². The third-order valence-corrected chi connectivity index (χ3v) is 1.65. The molecule has 0 bridgehead atoms. The highest BCUT2D eigenvalue weighted by Gasteiger charge is 2.21. The van der Waals surface area contributed by atoms with Crippen LogP contribution in [0.2, 0.25) is 0 Å². The summed E-state index contributed by atoms with van der Waals surface area (Å²) >= 11 is 0. The van der Waals surface area contributed by atoms with Crippen LogP contribution in [0.15, 0.2) is 6.20 Å². The number of aromatic amines is 1. The molecule has 1 heterocycles. The zero-order valence-corrected chi connectivity index (χ0v) is 9.30. The van der Waals surface area contributed by atoms with Gasteiger partial charge in [-0.25, -0.2) is 0 Å². The van der Waals surface area contributed by atoms with E-state index in [1.165, 1.54) is 0 Å². The lowest BCUT2D eigenvalue weighted by molar-refractivity contribution is -0.742. The number of hydrogen-bond acceptors (Lipinski definition) is 5. The van der Waals surface area contributed by atoms with Gasteiger partial charge in [0.15, 0.2) is 0 Å². The van der Waals surface area contributed by atoms with Crippen LogP contribution in [0.1, 0.15) is 26.5 Å². The van der Waals surface area contributed by atoms with Crippen molar-refractivity contribution < 1.29 is 15.1 Å². The third-order valence-electron chi connectivity index (χ3n) is 1.65. The fourth-order valence-corrected chi connectivity index (χ4v) is 0.741. The van der Waals surface area contributed by atoms with Crippen LogP contribution < -0.4 is 0 Å². The Labute approximate surface area is 91.8 Å². The van der Waals surface area contributed by atoms with Crippen LogP contribution in [0.25, 0.3) is 0 Å². The Balaban J connectivity index is 0.000000487. The molecule has 8 nitrogen and oxygen atoms in total. The minimum Gasteiger partial charge on any atom is -0.328 e. The SMILES string of the molecule is CC(C)(C)C(=O)Cc1c[nH]nn1.O=[N+]([O-])O. The molecule has 1 aromatic rings. The van der Waals surface area contributed by atoms with E-state index in [9.17, 15) is 4.79 Å². The Morgan fingerprint density at radius 2 is 2.12 bits per heavy atom. The number of nitrogens with zero attached hydrogens (tertiary/aromatic N) is 3. The van der Waals surface area contributed by atoms with Crippen LogP contribution in [-0.2, 0) is 11.2 Å². The van der Waals surface area contributed by atoms with Gasteiger partial charge in [-0.05, 0) is 0 Å². The van der Waals surface area contributed by atoms with E-state index in [1.807, 2.05) is 20.8 Å². The van der Waals surface area contributed by atoms with Crippen LogP contribution in [0.5, 0.6) is 0 Å². The van der Waals surface area contributed by atoms with E-state index in [4.69, 9.17) is 15.3 Å². The fraction of sp³-hybridized carbons (Fsp3) is 0.625. The zero-order valence-electron chi connectivity index (χ0n) is 9.30. The van der Waals surface area contributed by atoms with E-state index >= 15 is 0 Å². The monoisotopic (exact) mass is 230 g/mol. The van der Waals surface area contributed by atoms with Crippen molar-refractivity contribution in [3.63, 3.8) is 0 Å². The van der Waals surface area contributed by atoms with Gasteiger partial charge >= 0.3 is 0 Å². The molecule has 0 radical (unpaired) electrons. The van der Waals surface area contributed by atoms with Gasteiger partial charge in [-0.15, -0.1) is 15.2 Å². The maximum Gasteiger partial charge on any atom is 0.291 e. The molecule has 0 aliphatic rings. The number of Topliss-reactive ketones (excluding diaryl/α,β-unsaturated/α-hetero) is 1. The van der Waals surface area contributed by atoms with Crippen LogP contribution in [-0.4, -0.2) is 31.5 Å². The normalized spacial score (nSPS) is 10.2. The van der Waals surface area contributed by atoms with Gasteiger partial charge in [0.2, 0.25) is 0 Å². The highest BCUT2D eigenvalue weighted by atomic mass is 16.9. The van der Waals surface area contributed by atoms with E-state index < -0.39 is 5.09 Å². The number of aromatic nitrogens is 3. The van der Waals surface area contributed by atoms with Gasteiger partial charge in [0.05, 0.1) is 12.1 Å². The van der Waals surface area contributed by atoms with Gasteiger partial charge in [-0.1, -0.05) is 26.0 Å². The number of carbonyl (C=O) groups is 1. The van der Waals surface area contributed by atoms with Crippen LogP contribution in [0, 0.1) is 15.5 Å². The molecule has 16 heavy (non-hydrogen) atoms. The van der Waals surface area contributed by atoms with Gasteiger partial charge in [-0.2, -0.15) is 0 Å². The first-order valence-electron chi connectivity index (χ1n) is 4.45. The molecule has 0 fully saturated rings. The van der Waals surface area contributed by atoms with E-state index in [0.717, 1.165) is 0 Å². The number of nitrogens with one attached hydrogen (secondary N) is 1. The topological polar surface area (TPSA) is 122 Å². The van der Waals surface area contributed by atoms with Crippen molar-refractivity contribution in [1.82, 2.24) is 15.4 Å². The van der Waals surface area contributed by atoms with Gasteiger partial charge in [0.1, 0.15) is 5.78 Å². The molecule has 0 aliphatic heterocycles. The number of carbonyl (C=O) groups excluding carboxylic acids is 1. The third kappa shape index (κ3) is 6.46. The summed E-state index contributed by atoms with van der Waals surface area (Å²) in [5.74, 6) is 0.177. The highest BCUT2D eigenvalue weighted by molar-refractivity contribution is 5.85. The summed E-state index contributed by atoms with van der Waals surface area (Å²) in [6.45, 7) is 5.69. The Kier molecular flexibility index (Phi) is 5.07. The van der Waals surface area contributed by atoms with Crippen LogP contribution in [0.3, 0.4) is 0 Å². The van der Waals surface area contributed by atoms with Gasteiger partial charge in [0, 0.05) is 11.6 Å². The number of ketones is 1. The van der Waals surface area contributed by atoms with Crippen molar-refractivity contribution in [3.05, 3.63) is 22.0 Å². The molecule has 1 rings (SSSR count). The molecule has 8 heteroatoms. The average Bonchev–Trinajstić information content (AvgIpc) is 2.53. The summed E-state index contributed by atoms with van der Waals surface area (Å²) in [6.07, 6.45) is 2.00. The lowest BCUT2D eigenvalue weighted by atomic mass is 9.88. The summed E-state index contributed by atoms with van der Waals surface area (Å²) in [5.41, 5.74) is 0.411. The largest absolute Gasteiger partial charge is 0.328 e. The summed E-state index contributed by atoms with van der Waals surface area (Å²) in [5, 5.41) is 23.5. The average molecular weight is 230 g/mol. The number of hydrogen-bond donors (Lipinski definition) is 2. The van der Waals surface area contributed by atoms with Gasteiger partial charge < -0.3 is 5.21 Å². The summed E-state index contributed by atoms with van der Waals surface area (Å²) in [4.78, 5) is 19.8. The van der Waals surface area contributed by atoms with E-state index in [1.54, 1.807) is 6.20 Å². The number of rotatable bonds is 2.